The molecule has 0 radical (unpaired) electrons. The Kier molecular flexibility index (Phi) is 7.27. The van der Waals surface area contributed by atoms with Gasteiger partial charge in [0.15, 0.2) is 12.2 Å². The second-order valence-electron chi connectivity index (χ2n) is 5.72. The molecule has 12 nitrogen and oxygen atoms in total. The lowest BCUT2D eigenvalue weighted by Gasteiger charge is -2.17. The summed E-state index contributed by atoms with van der Waals surface area (Å²) in [6, 6.07) is 0. The molecular formula is C18H18N4O8. The summed E-state index contributed by atoms with van der Waals surface area (Å²) in [4.78, 5) is 46.2. The number of allylic oxidation sites excluding steroid dienone is 4. The van der Waals surface area contributed by atoms with Gasteiger partial charge < -0.3 is 41.8 Å². The Labute approximate surface area is 169 Å². The summed E-state index contributed by atoms with van der Waals surface area (Å²) in [5, 5.41) is 24.8. The largest absolute Gasteiger partial charge is 0.408 e. The molecule has 2 aliphatic heterocycles. The van der Waals surface area contributed by atoms with Crippen LogP contribution in [0.15, 0.2) is 71.8 Å². The topological polar surface area (TPSA) is 203 Å². The highest BCUT2D eigenvalue weighted by molar-refractivity contribution is 5.95. The molecule has 0 fully saturated rings. The highest BCUT2D eigenvalue weighted by Crippen LogP contribution is 2.10. The third kappa shape index (κ3) is 5.92. The van der Waals surface area contributed by atoms with Gasteiger partial charge in [0.25, 0.3) is 0 Å². The Hall–Kier alpha value is -4.16. The molecule has 0 aromatic rings. The monoisotopic (exact) mass is 418 g/mol. The first kappa shape index (κ1) is 22.1. The van der Waals surface area contributed by atoms with E-state index in [0.29, 0.717) is 0 Å². The molecule has 2 atom stereocenters. The highest BCUT2D eigenvalue weighted by Gasteiger charge is 2.34. The summed E-state index contributed by atoms with van der Waals surface area (Å²) in [6.07, 6.45) is 5.46. The van der Waals surface area contributed by atoms with Crippen molar-refractivity contribution in [1.29, 1.82) is 0 Å². The zero-order valence-electron chi connectivity index (χ0n) is 15.3. The van der Waals surface area contributed by atoms with Gasteiger partial charge in [-0.15, -0.1) is 0 Å². The van der Waals surface area contributed by atoms with Crippen molar-refractivity contribution >= 4 is 23.8 Å². The maximum absolute atomic E-state index is 12.0. The number of carbonyl (C=O) groups excluding carboxylic acids is 4. The lowest BCUT2D eigenvalue weighted by atomic mass is 10.2. The van der Waals surface area contributed by atoms with Crippen molar-refractivity contribution < 1.29 is 38.9 Å². The van der Waals surface area contributed by atoms with E-state index in [1.165, 1.54) is 48.9 Å². The number of amides is 2. The van der Waals surface area contributed by atoms with E-state index in [0.717, 1.165) is 0 Å². The minimum Gasteiger partial charge on any atom is -0.408 e. The van der Waals surface area contributed by atoms with Crippen LogP contribution in [-0.2, 0) is 28.7 Å². The quantitative estimate of drug-likeness (QED) is 0.240. The fourth-order valence-electron chi connectivity index (χ4n) is 2.02. The maximum atomic E-state index is 12.0. The van der Waals surface area contributed by atoms with Crippen LogP contribution in [0, 0.1) is 0 Å². The molecule has 158 valence electrons. The normalized spacial score (nSPS) is 17.3. The number of rotatable bonds is 7. The van der Waals surface area contributed by atoms with Crippen molar-refractivity contribution in [2.45, 2.75) is 12.2 Å². The van der Waals surface area contributed by atoms with E-state index in [9.17, 15) is 29.4 Å². The molecule has 8 N–H and O–H groups in total. The van der Waals surface area contributed by atoms with Crippen molar-refractivity contribution in [2.75, 3.05) is 0 Å². The summed E-state index contributed by atoms with van der Waals surface area (Å²) < 4.78 is 9.65. The molecule has 12 heteroatoms. The van der Waals surface area contributed by atoms with Crippen LogP contribution in [0.25, 0.3) is 0 Å². The number of esters is 2. The molecule has 30 heavy (non-hydrogen) atoms. The zero-order valence-corrected chi connectivity index (χ0v) is 15.3. The van der Waals surface area contributed by atoms with Crippen molar-refractivity contribution in [2.24, 2.45) is 11.5 Å². The first-order chi connectivity index (χ1) is 14.2. The molecule has 2 aliphatic rings. The standard InChI is InChI=1S/C18H18N4O8/c19-15(25)9-1-3-11(21-7-5-9)29-17(27)13(23)14(24)18(28)30-12-4-2-10(16(20)26)6-8-22-12/h1-8,13-14,21-24H,(H2,19,25)(H2,20,26). The van der Waals surface area contributed by atoms with Gasteiger partial charge in [0, 0.05) is 23.5 Å². The summed E-state index contributed by atoms with van der Waals surface area (Å²) in [5.41, 5.74) is 10.5. The van der Waals surface area contributed by atoms with Crippen LogP contribution in [-0.4, -0.2) is 46.2 Å². The molecule has 2 rings (SSSR count). The number of hydrogen-bond acceptors (Lipinski definition) is 10. The van der Waals surface area contributed by atoms with Gasteiger partial charge >= 0.3 is 11.9 Å². The van der Waals surface area contributed by atoms with Crippen molar-refractivity contribution in [3.05, 3.63) is 71.8 Å². The van der Waals surface area contributed by atoms with Gasteiger partial charge in [0.05, 0.1) is 0 Å². The van der Waals surface area contributed by atoms with Gasteiger partial charge in [0.1, 0.15) is 0 Å². The lowest BCUT2D eigenvalue weighted by Crippen LogP contribution is -2.42. The number of aliphatic hydroxyl groups is 2. The molecule has 2 unspecified atom stereocenters. The van der Waals surface area contributed by atoms with Crippen LogP contribution in [0.4, 0.5) is 0 Å². The van der Waals surface area contributed by atoms with Crippen LogP contribution in [0.1, 0.15) is 0 Å². The number of nitrogens with two attached hydrogens (primary N) is 2. The molecule has 0 bridgehead atoms. The Morgan fingerprint density at radius 3 is 1.43 bits per heavy atom. The average molecular weight is 418 g/mol. The highest BCUT2D eigenvalue weighted by atomic mass is 16.6. The fraction of sp³-hybridized carbons (Fsp3) is 0.111. The van der Waals surface area contributed by atoms with Gasteiger partial charge in [-0.3, -0.25) is 9.59 Å². The third-order valence-corrected chi connectivity index (χ3v) is 3.58. The van der Waals surface area contributed by atoms with Gasteiger partial charge in [-0.2, -0.15) is 0 Å². The van der Waals surface area contributed by atoms with Gasteiger partial charge in [0.2, 0.25) is 23.6 Å². The predicted molar refractivity (Wildman–Crippen MR) is 99.5 cm³/mol. The van der Waals surface area contributed by atoms with Crippen LogP contribution in [0.5, 0.6) is 0 Å². The Morgan fingerprint density at radius 2 is 1.10 bits per heavy atom. The minimum absolute atomic E-state index is 0.115. The number of ether oxygens (including phenoxy) is 2. The summed E-state index contributed by atoms with van der Waals surface area (Å²) in [5.74, 6) is -4.58. The molecule has 2 amide bonds. The number of aliphatic hydroxyl groups excluding tert-OH is 2. The second kappa shape index (κ2) is 9.86. The second-order valence-corrected chi connectivity index (χ2v) is 5.72. The SMILES string of the molecule is NC(=O)C1=CC=C(OC(=O)C(O)C(O)C(=O)OC2=CC=C(C(N)=O)C=CN2)NC=C1. The molecule has 0 aliphatic carbocycles. The van der Waals surface area contributed by atoms with Gasteiger partial charge in [-0.1, -0.05) is 0 Å². The van der Waals surface area contributed by atoms with Crippen LogP contribution in [0.3, 0.4) is 0 Å². The predicted octanol–water partition coefficient (Wildman–Crippen LogP) is -2.47. The third-order valence-electron chi connectivity index (χ3n) is 3.58. The van der Waals surface area contributed by atoms with Gasteiger partial charge in [-0.05, 0) is 36.5 Å². The number of hydrogen-bond donors (Lipinski definition) is 6. The first-order valence-electron chi connectivity index (χ1n) is 8.28. The molecule has 0 aromatic carbocycles. The van der Waals surface area contributed by atoms with E-state index in [1.807, 2.05) is 0 Å². The summed E-state index contributed by atoms with van der Waals surface area (Å²) in [7, 11) is 0. The molecule has 0 spiro atoms. The Morgan fingerprint density at radius 1 is 0.733 bits per heavy atom. The maximum Gasteiger partial charge on any atom is 0.345 e. The van der Waals surface area contributed by atoms with Crippen molar-refractivity contribution in [3.63, 3.8) is 0 Å². The van der Waals surface area contributed by atoms with E-state index < -0.39 is 36.0 Å². The van der Waals surface area contributed by atoms with E-state index in [-0.39, 0.29) is 22.9 Å². The Bertz CT molecular complexity index is 866. The summed E-state index contributed by atoms with van der Waals surface area (Å²) >= 11 is 0. The van der Waals surface area contributed by atoms with E-state index >= 15 is 0 Å². The van der Waals surface area contributed by atoms with Crippen LogP contribution < -0.4 is 22.1 Å². The average Bonchev–Trinajstić information content (AvgIpc) is 3.07. The van der Waals surface area contributed by atoms with Crippen LogP contribution in [0.2, 0.25) is 0 Å². The lowest BCUT2D eigenvalue weighted by molar-refractivity contribution is -0.168. The molecule has 0 aromatic heterocycles. The first-order valence-corrected chi connectivity index (χ1v) is 8.28. The van der Waals surface area contributed by atoms with E-state index in [1.54, 1.807) is 0 Å². The van der Waals surface area contributed by atoms with E-state index in [4.69, 9.17) is 20.9 Å². The molecule has 0 saturated carbocycles. The van der Waals surface area contributed by atoms with Crippen molar-refractivity contribution in [1.82, 2.24) is 10.6 Å². The number of primary amides is 2. The molecule has 2 heterocycles. The zero-order chi connectivity index (χ0) is 22.3. The van der Waals surface area contributed by atoms with E-state index in [2.05, 4.69) is 10.6 Å². The number of carbonyl (C=O) groups is 4. The minimum atomic E-state index is -2.29. The summed E-state index contributed by atoms with van der Waals surface area (Å²) in [6.45, 7) is 0. The number of nitrogens with one attached hydrogen (secondary N) is 2. The van der Waals surface area contributed by atoms with Crippen molar-refractivity contribution in [3.8, 4) is 0 Å². The smallest absolute Gasteiger partial charge is 0.345 e. The van der Waals surface area contributed by atoms with Gasteiger partial charge in [-0.25, -0.2) is 9.59 Å². The fourth-order valence-corrected chi connectivity index (χ4v) is 2.02. The Balaban J connectivity index is 1.98. The van der Waals surface area contributed by atoms with Crippen LogP contribution >= 0.6 is 0 Å². The molecular weight excluding hydrogens is 400 g/mol. The molecule has 0 saturated heterocycles.